The third-order valence-electron chi connectivity index (χ3n) is 4.27. The predicted molar refractivity (Wildman–Crippen MR) is 98.8 cm³/mol. The summed E-state index contributed by atoms with van der Waals surface area (Å²) in [6.07, 6.45) is 2.67. The van der Waals surface area contributed by atoms with E-state index in [0.29, 0.717) is 59.4 Å². The molecule has 1 aliphatic heterocycles. The Kier molecular flexibility index (Phi) is 5.60. The van der Waals surface area contributed by atoms with Gasteiger partial charge < -0.3 is 9.32 Å². The number of carbonyl (C=O) groups excluding carboxylic acids is 1. The summed E-state index contributed by atoms with van der Waals surface area (Å²) in [5, 5.41) is 0.795. The fourth-order valence-corrected chi connectivity index (χ4v) is 4.85. The highest BCUT2D eigenvalue weighted by molar-refractivity contribution is 7.99. The Morgan fingerprint density at radius 2 is 2.12 bits per heavy atom. The molecule has 0 N–H and O–H groups in total. The quantitative estimate of drug-likeness (QED) is 0.715. The van der Waals surface area contributed by atoms with Crippen molar-refractivity contribution in [1.29, 1.82) is 0 Å². The second-order valence-corrected chi connectivity index (χ2v) is 9.91. The van der Waals surface area contributed by atoms with Crippen molar-refractivity contribution in [1.82, 2.24) is 9.88 Å². The molecule has 25 heavy (non-hydrogen) atoms. The molecular formula is C16H19ClN2O4S2. The summed E-state index contributed by atoms with van der Waals surface area (Å²) in [4.78, 5) is 18.3. The van der Waals surface area contributed by atoms with Crippen molar-refractivity contribution in [2.45, 2.75) is 29.7 Å². The number of halogens is 1. The lowest BCUT2D eigenvalue weighted by atomic mass is 10.1. The van der Waals surface area contributed by atoms with Gasteiger partial charge in [-0.3, -0.25) is 4.79 Å². The minimum Gasteiger partial charge on any atom is -0.431 e. The third kappa shape index (κ3) is 4.68. The van der Waals surface area contributed by atoms with Gasteiger partial charge in [0.2, 0.25) is 5.91 Å². The number of hydrogen-bond acceptors (Lipinski definition) is 6. The maximum absolute atomic E-state index is 12.3. The maximum atomic E-state index is 12.3. The van der Waals surface area contributed by atoms with Gasteiger partial charge in [-0.25, -0.2) is 13.4 Å². The number of sulfone groups is 1. The van der Waals surface area contributed by atoms with Crippen LogP contribution < -0.4 is 0 Å². The molecule has 0 saturated carbocycles. The van der Waals surface area contributed by atoms with Gasteiger partial charge >= 0.3 is 0 Å². The zero-order chi connectivity index (χ0) is 18.0. The number of carbonyl (C=O) groups is 1. The van der Waals surface area contributed by atoms with E-state index in [4.69, 9.17) is 16.0 Å². The standard InChI is InChI=1S/C16H19ClN2O4S2/c1-25(21,22)12-4-7-19(8-5-12)15(20)6-9-24-16-18-13-10-11(17)2-3-14(13)23-16/h2-3,10,12H,4-9H2,1H3. The van der Waals surface area contributed by atoms with Crippen molar-refractivity contribution >= 4 is 50.2 Å². The molecule has 0 bridgehead atoms. The van der Waals surface area contributed by atoms with Crippen LogP contribution in [0.25, 0.3) is 11.1 Å². The molecule has 0 spiro atoms. The summed E-state index contributed by atoms with van der Waals surface area (Å²) in [6.45, 7) is 1.01. The number of piperidine rings is 1. The molecule has 2 heterocycles. The summed E-state index contributed by atoms with van der Waals surface area (Å²) in [5.41, 5.74) is 1.37. The Bertz CT molecular complexity index is 873. The summed E-state index contributed by atoms with van der Waals surface area (Å²) in [7, 11) is -3.02. The van der Waals surface area contributed by atoms with E-state index in [1.165, 1.54) is 18.0 Å². The van der Waals surface area contributed by atoms with Crippen LogP contribution in [-0.2, 0) is 14.6 Å². The third-order valence-corrected chi connectivity index (χ3v) is 7.02. The molecule has 0 aliphatic carbocycles. The summed E-state index contributed by atoms with van der Waals surface area (Å²) in [5.74, 6) is 0.601. The van der Waals surface area contributed by atoms with Gasteiger partial charge in [0, 0.05) is 36.5 Å². The number of hydrogen-bond donors (Lipinski definition) is 0. The first kappa shape index (κ1) is 18.5. The Balaban J connectivity index is 1.48. The van der Waals surface area contributed by atoms with E-state index in [0.717, 1.165) is 0 Å². The van der Waals surface area contributed by atoms with Crippen LogP contribution in [0.5, 0.6) is 0 Å². The zero-order valence-electron chi connectivity index (χ0n) is 13.8. The Labute approximate surface area is 155 Å². The van der Waals surface area contributed by atoms with E-state index < -0.39 is 9.84 Å². The van der Waals surface area contributed by atoms with Gasteiger partial charge in [0.05, 0.1) is 5.25 Å². The second kappa shape index (κ2) is 7.55. The van der Waals surface area contributed by atoms with Crippen molar-refractivity contribution in [2.75, 3.05) is 25.1 Å². The number of thioether (sulfide) groups is 1. The molecular weight excluding hydrogens is 384 g/mol. The maximum Gasteiger partial charge on any atom is 0.256 e. The fourth-order valence-electron chi connectivity index (χ4n) is 2.86. The number of amides is 1. The van der Waals surface area contributed by atoms with Crippen LogP contribution in [0.4, 0.5) is 0 Å². The van der Waals surface area contributed by atoms with Crippen molar-refractivity contribution < 1.29 is 17.6 Å². The molecule has 1 amide bonds. The lowest BCUT2D eigenvalue weighted by Crippen LogP contribution is -2.42. The lowest BCUT2D eigenvalue weighted by molar-refractivity contribution is -0.131. The lowest BCUT2D eigenvalue weighted by Gasteiger charge is -2.31. The van der Waals surface area contributed by atoms with E-state index in [2.05, 4.69) is 4.98 Å². The number of likely N-dealkylation sites (tertiary alicyclic amines) is 1. The second-order valence-electron chi connectivity index (χ2n) is 6.10. The van der Waals surface area contributed by atoms with Crippen LogP contribution in [-0.4, -0.2) is 54.6 Å². The number of rotatable bonds is 5. The summed E-state index contributed by atoms with van der Waals surface area (Å²) in [6, 6.07) is 5.25. The number of fused-ring (bicyclic) bond motifs is 1. The van der Waals surface area contributed by atoms with Crippen molar-refractivity contribution in [3.05, 3.63) is 23.2 Å². The first-order valence-electron chi connectivity index (χ1n) is 7.98. The molecule has 6 nitrogen and oxygen atoms in total. The highest BCUT2D eigenvalue weighted by Gasteiger charge is 2.28. The molecule has 3 rings (SSSR count). The van der Waals surface area contributed by atoms with E-state index in [9.17, 15) is 13.2 Å². The van der Waals surface area contributed by atoms with Gasteiger partial charge in [0.25, 0.3) is 5.22 Å². The topological polar surface area (TPSA) is 80.5 Å². The van der Waals surface area contributed by atoms with E-state index >= 15 is 0 Å². The Morgan fingerprint density at radius 3 is 2.80 bits per heavy atom. The van der Waals surface area contributed by atoms with Gasteiger partial charge in [0.15, 0.2) is 5.58 Å². The molecule has 136 valence electrons. The number of aromatic nitrogens is 1. The van der Waals surface area contributed by atoms with E-state index in [-0.39, 0.29) is 11.2 Å². The molecule has 1 aromatic carbocycles. The number of nitrogens with zero attached hydrogens (tertiary/aromatic N) is 2. The molecule has 9 heteroatoms. The number of benzene rings is 1. The largest absolute Gasteiger partial charge is 0.431 e. The summed E-state index contributed by atoms with van der Waals surface area (Å²) >= 11 is 7.31. The van der Waals surface area contributed by atoms with E-state index in [1.54, 1.807) is 23.1 Å². The summed E-state index contributed by atoms with van der Waals surface area (Å²) < 4.78 is 28.7. The molecule has 1 aromatic heterocycles. The number of oxazole rings is 1. The van der Waals surface area contributed by atoms with Crippen LogP contribution in [0.1, 0.15) is 19.3 Å². The Morgan fingerprint density at radius 1 is 1.40 bits per heavy atom. The van der Waals surface area contributed by atoms with Gasteiger partial charge in [-0.1, -0.05) is 23.4 Å². The average molecular weight is 403 g/mol. The van der Waals surface area contributed by atoms with Gasteiger partial charge in [-0.05, 0) is 31.0 Å². The zero-order valence-corrected chi connectivity index (χ0v) is 16.2. The predicted octanol–water partition coefficient (Wildman–Crippen LogP) is 3.00. The van der Waals surface area contributed by atoms with Crippen LogP contribution in [0.3, 0.4) is 0 Å². The molecule has 2 aromatic rings. The van der Waals surface area contributed by atoms with E-state index in [1.807, 2.05) is 0 Å². The minimum absolute atomic E-state index is 0.0404. The minimum atomic E-state index is -3.02. The molecule has 1 saturated heterocycles. The van der Waals surface area contributed by atoms with Crippen LogP contribution in [0.2, 0.25) is 5.02 Å². The first-order valence-corrected chi connectivity index (χ1v) is 11.3. The SMILES string of the molecule is CS(=O)(=O)C1CCN(C(=O)CCSc2nc3cc(Cl)ccc3o2)CC1. The van der Waals surface area contributed by atoms with Crippen molar-refractivity contribution in [3.8, 4) is 0 Å². The highest BCUT2D eigenvalue weighted by Crippen LogP contribution is 2.26. The van der Waals surface area contributed by atoms with Crippen molar-refractivity contribution in [2.24, 2.45) is 0 Å². The molecule has 0 radical (unpaired) electrons. The monoisotopic (exact) mass is 402 g/mol. The molecule has 1 fully saturated rings. The first-order chi connectivity index (χ1) is 11.8. The fraction of sp³-hybridized carbons (Fsp3) is 0.500. The van der Waals surface area contributed by atoms with Crippen LogP contribution in [0.15, 0.2) is 27.8 Å². The highest BCUT2D eigenvalue weighted by atomic mass is 35.5. The van der Waals surface area contributed by atoms with Crippen LogP contribution in [0, 0.1) is 0 Å². The molecule has 0 unspecified atom stereocenters. The molecule has 0 atom stereocenters. The van der Waals surface area contributed by atoms with Gasteiger partial charge in [-0.2, -0.15) is 0 Å². The van der Waals surface area contributed by atoms with Crippen LogP contribution >= 0.6 is 23.4 Å². The normalized spacial score (nSPS) is 16.5. The Hall–Kier alpha value is -1.25. The smallest absolute Gasteiger partial charge is 0.256 e. The molecule has 1 aliphatic rings. The average Bonchev–Trinajstić information content (AvgIpc) is 2.96. The van der Waals surface area contributed by atoms with Crippen molar-refractivity contribution in [3.63, 3.8) is 0 Å². The van der Waals surface area contributed by atoms with Gasteiger partial charge in [-0.15, -0.1) is 0 Å². The van der Waals surface area contributed by atoms with Gasteiger partial charge in [0.1, 0.15) is 15.4 Å².